The topological polar surface area (TPSA) is 26.3 Å². The van der Waals surface area contributed by atoms with Gasteiger partial charge in [-0.15, -0.1) is 0 Å². The van der Waals surface area contributed by atoms with Gasteiger partial charge in [0.2, 0.25) is 0 Å². The van der Waals surface area contributed by atoms with E-state index in [4.69, 9.17) is 27.9 Å². The Bertz CT molecular complexity index is 641. The number of carbonyl (C=O) groups excluding carboxylic acids is 1. The van der Waals surface area contributed by atoms with Gasteiger partial charge in [0.1, 0.15) is 11.6 Å². The Labute approximate surface area is 119 Å². The number of hydrogen-bond donors (Lipinski definition) is 0. The Hall–Kier alpha value is -1.58. The summed E-state index contributed by atoms with van der Waals surface area (Å²) in [6.07, 6.45) is 0. The molecule has 0 aliphatic rings. The zero-order valence-electron chi connectivity index (χ0n) is 9.91. The predicted octanol–water partition coefficient (Wildman–Crippen LogP) is 4.37. The third kappa shape index (κ3) is 2.88. The van der Waals surface area contributed by atoms with Crippen molar-refractivity contribution in [1.82, 2.24) is 0 Å². The van der Waals surface area contributed by atoms with Crippen molar-refractivity contribution in [3.63, 3.8) is 0 Å². The van der Waals surface area contributed by atoms with E-state index < -0.39 is 11.6 Å². The fourth-order valence-corrected chi connectivity index (χ4v) is 1.99. The highest BCUT2D eigenvalue weighted by atomic mass is 35.5. The molecule has 0 fully saturated rings. The Morgan fingerprint density at radius 3 is 2.58 bits per heavy atom. The molecule has 0 atom stereocenters. The number of carbonyl (C=O) groups is 1. The van der Waals surface area contributed by atoms with Gasteiger partial charge in [-0.25, -0.2) is 4.39 Å². The largest absolute Gasteiger partial charge is 0.495 e. The SMILES string of the molecule is COc1cc(C(=O)c2cc(Cl)ccc2F)ccc1Cl. The number of benzene rings is 2. The lowest BCUT2D eigenvalue weighted by atomic mass is 10.0. The van der Waals surface area contributed by atoms with Gasteiger partial charge in [0, 0.05) is 10.6 Å². The van der Waals surface area contributed by atoms with Crippen LogP contribution in [0.4, 0.5) is 4.39 Å². The first kappa shape index (κ1) is 13.8. The molecule has 0 spiro atoms. The molecule has 0 N–H and O–H groups in total. The van der Waals surface area contributed by atoms with Gasteiger partial charge in [-0.2, -0.15) is 0 Å². The van der Waals surface area contributed by atoms with E-state index in [1.54, 1.807) is 0 Å². The summed E-state index contributed by atoms with van der Waals surface area (Å²) in [7, 11) is 1.44. The van der Waals surface area contributed by atoms with Crippen molar-refractivity contribution in [2.24, 2.45) is 0 Å². The quantitative estimate of drug-likeness (QED) is 0.787. The second kappa shape index (κ2) is 5.59. The van der Waals surface area contributed by atoms with Gasteiger partial charge in [0.05, 0.1) is 17.7 Å². The molecule has 2 aromatic rings. The number of rotatable bonds is 3. The maximum absolute atomic E-state index is 13.6. The van der Waals surface area contributed by atoms with Crippen LogP contribution in [-0.2, 0) is 0 Å². The lowest BCUT2D eigenvalue weighted by Gasteiger charge is -2.07. The third-order valence-electron chi connectivity index (χ3n) is 2.59. The van der Waals surface area contributed by atoms with E-state index in [1.165, 1.54) is 37.4 Å². The molecule has 0 aliphatic heterocycles. The van der Waals surface area contributed by atoms with Crippen molar-refractivity contribution < 1.29 is 13.9 Å². The van der Waals surface area contributed by atoms with E-state index >= 15 is 0 Å². The molecule has 0 unspecified atom stereocenters. The number of hydrogen-bond acceptors (Lipinski definition) is 2. The van der Waals surface area contributed by atoms with Gasteiger partial charge < -0.3 is 4.74 Å². The lowest BCUT2D eigenvalue weighted by molar-refractivity contribution is 0.103. The van der Waals surface area contributed by atoms with E-state index in [2.05, 4.69) is 0 Å². The summed E-state index contributed by atoms with van der Waals surface area (Å²) in [4.78, 5) is 12.2. The van der Waals surface area contributed by atoms with Crippen LogP contribution in [0, 0.1) is 5.82 Å². The van der Waals surface area contributed by atoms with Crippen LogP contribution < -0.4 is 4.74 Å². The molecular weight excluding hydrogens is 290 g/mol. The van der Waals surface area contributed by atoms with Gasteiger partial charge in [-0.3, -0.25) is 4.79 Å². The van der Waals surface area contributed by atoms with E-state index in [-0.39, 0.29) is 11.1 Å². The average molecular weight is 299 g/mol. The highest BCUT2D eigenvalue weighted by molar-refractivity contribution is 6.32. The fraction of sp³-hybridized carbons (Fsp3) is 0.0714. The average Bonchev–Trinajstić information content (AvgIpc) is 2.41. The van der Waals surface area contributed by atoms with Crippen molar-refractivity contribution in [2.45, 2.75) is 0 Å². The van der Waals surface area contributed by atoms with Crippen LogP contribution in [0.25, 0.3) is 0 Å². The van der Waals surface area contributed by atoms with Crippen LogP contribution in [0.1, 0.15) is 15.9 Å². The Kier molecular flexibility index (Phi) is 4.08. The minimum atomic E-state index is -0.622. The van der Waals surface area contributed by atoms with Crippen LogP contribution in [0.5, 0.6) is 5.75 Å². The lowest BCUT2D eigenvalue weighted by Crippen LogP contribution is -2.04. The van der Waals surface area contributed by atoms with Gasteiger partial charge >= 0.3 is 0 Å². The number of methoxy groups -OCH3 is 1. The molecule has 0 aromatic heterocycles. The second-order valence-electron chi connectivity index (χ2n) is 3.80. The summed E-state index contributed by atoms with van der Waals surface area (Å²) < 4.78 is 18.7. The van der Waals surface area contributed by atoms with Gasteiger partial charge in [-0.05, 0) is 36.4 Å². The smallest absolute Gasteiger partial charge is 0.196 e. The first-order valence-corrected chi connectivity index (χ1v) is 6.12. The van der Waals surface area contributed by atoms with Crippen LogP contribution >= 0.6 is 23.2 Å². The normalized spacial score (nSPS) is 10.3. The van der Waals surface area contributed by atoms with Crippen molar-refractivity contribution in [3.8, 4) is 5.75 Å². The van der Waals surface area contributed by atoms with E-state index in [0.717, 1.165) is 6.07 Å². The van der Waals surface area contributed by atoms with Crippen LogP contribution in [0.3, 0.4) is 0 Å². The highest BCUT2D eigenvalue weighted by Crippen LogP contribution is 2.27. The van der Waals surface area contributed by atoms with E-state index in [9.17, 15) is 9.18 Å². The summed E-state index contributed by atoms with van der Waals surface area (Å²) in [6, 6.07) is 8.33. The first-order valence-electron chi connectivity index (χ1n) is 5.36. The summed E-state index contributed by atoms with van der Waals surface area (Å²) >= 11 is 11.6. The highest BCUT2D eigenvalue weighted by Gasteiger charge is 2.16. The Morgan fingerprint density at radius 1 is 1.16 bits per heavy atom. The van der Waals surface area contributed by atoms with Gasteiger partial charge in [0.15, 0.2) is 5.78 Å². The second-order valence-corrected chi connectivity index (χ2v) is 4.65. The molecule has 2 nitrogen and oxygen atoms in total. The Balaban J connectivity index is 2.47. The minimum absolute atomic E-state index is 0.0862. The molecule has 0 heterocycles. The number of ether oxygens (including phenoxy) is 1. The minimum Gasteiger partial charge on any atom is -0.495 e. The maximum Gasteiger partial charge on any atom is 0.196 e. The molecule has 98 valence electrons. The van der Waals surface area contributed by atoms with Gasteiger partial charge in [-0.1, -0.05) is 23.2 Å². The molecule has 2 aromatic carbocycles. The van der Waals surface area contributed by atoms with Crippen LogP contribution in [0.2, 0.25) is 10.0 Å². The molecule has 0 saturated carbocycles. The summed E-state index contributed by atoms with van der Waals surface area (Å²) in [5, 5.41) is 0.677. The summed E-state index contributed by atoms with van der Waals surface area (Å²) in [6.45, 7) is 0. The molecule has 0 bridgehead atoms. The van der Waals surface area contributed by atoms with Crippen LogP contribution in [0.15, 0.2) is 36.4 Å². The molecule has 0 amide bonds. The van der Waals surface area contributed by atoms with Gasteiger partial charge in [0.25, 0.3) is 0 Å². The molecule has 0 saturated heterocycles. The standard InChI is InChI=1S/C14H9Cl2FO2/c1-19-13-6-8(2-4-11(13)16)14(18)10-7-9(15)3-5-12(10)17/h2-7H,1H3. The molecule has 5 heteroatoms. The predicted molar refractivity (Wildman–Crippen MR) is 72.8 cm³/mol. The molecular formula is C14H9Cl2FO2. The number of ketones is 1. The van der Waals surface area contributed by atoms with Crippen molar-refractivity contribution >= 4 is 29.0 Å². The number of halogens is 3. The maximum atomic E-state index is 13.6. The molecule has 0 aliphatic carbocycles. The fourth-order valence-electron chi connectivity index (χ4n) is 1.63. The first-order chi connectivity index (χ1) is 9.02. The van der Waals surface area contributed by atoms with E-state index in [1.807, 2.05) is 0 Å². The summed E-state index contributed by atoms with van der Waals surface area (Å²) in [5.74, 6) is -0.742. The van der Waals surface area contributed by atoms with Crippen molar-refractivity contribution in [2.75, 3.05) is 7.11 Å². The molecule has 2 rings (SSSR count). The van der Waals surface area contributed by atoms with Crippen molar-refractivity contribution in [3.05, 3.63) is 63.4 Å². The summed E-state index contributed by atoms with van der Waals surface area (Å²) in [5.41, 5.74) is 0.194. The van der Waals surface area contributed by atoms with Crippen LogP contribution in [-0.4, -0.2) is 12.9 Å². The molecule has 19 heavy (non-hydrogen) atoms. The van der Waals surface area contributed by atoms with E-state index in [0.29, 0.717) is 15.8 Å². The zero-order valence-corrected chi connectivity index (χ0v) is 11.4. The zero-order chi connectivity index (χ0) is 14.0. The Morgan fingerprint density at radius 2 is 1.89 bits per heavy atom. The van der Waals surface area contributed by atoms with Crippen molar-refractivity contribution in [1.29, 1.82) is 0 Å². The monoisotopic (exact) mass is 298 g/mol. The molecule has 0 radical (unpaired) electrons. The third-order valence-corrected chi connectivity index (χ3v) is 3.13.